The van der Waals surface area contributed by atoms with Crippen LogP contribution in [0.2, 0.25) is 0 Å². The highest BCUT2D eigenvalue weighted by Gasteiger charge is 2.42. The van der Waals surface area contributed by atoms with Gasteiger partial charge < -0.3 is 29.0 Å². The highest BCUT2D eigenvalue weighted by molar-refractivity contribution is 5.97. The zero-order chi connectivity index (χ0) is 22.4. The smallest absolute Gasteiger partial charge is 0.337 e. The Labute approximate surface area is 187 Å². The van der Waals surface area contributed by atoms with Crippen LogP contribution in [0.3, 0.4) is 0 Å². The number of fused-ring (bicyclic) bond motifs is 2. The van der Waals surface area contributed by atoms with E-state index < -0.39 is 0 Å². The van der Waals surface area contributed by atoms with Crippen LogP contribution in [0.1, 0.15) is 34.6 Å². The molecule has 2 heterocycles. The molecule has 0 bridgehead atoms. The van der Waals surface area contributed by atoms with E-state index >= 15 is 0 Å². The van der Waals surface area contributed by atoms with Gasteiger partial charge in [-0.3, -0.25) is 0 Å². The van der Waals surface area contributed by atoms with Gasteiger partial charge in [0.05, 0.1) is 39.2 Å². The molecule has 1 aliphatic carbocycles. The van der Waals surface area contributed by atoms with Gasteiger partial charge in [-0.05, 0) is 59.7 Å². The van der Waals surface area contributed by atoms with Gasteiger partial charge in [0.15, 0.2) is 11.5 Å². The number of aryl methyl sites for hydroxylation is 2. The third kappa shape index (κ3) is 3.03. The maximum Gasteiger partial charge on any atom is 0.337 e. The molecule has 168 valence electrons. The number of rotatable bonds is 6. The minimum atomic E-state index is -0.329. The van der Waals surface area contributed by atoms with Crippen LogP contribution in [-0.4, -0.2) is 52.2 Å². The van der Waals surface area contributed by atoms with Crippen molar-refractivity contribution in [1.29, 1.82) is 0 Å². The number of ether oxygens (including phenoxy) is 4. The van der Waals surface area contributed by atoms with Gasteiger partial charge in [-0.2, -0.15) is 0 Å². The largest absolute Gasteiger partial charge is 0.493 e. The number of anilines is 1. The summed E-state index contributed by atoms with van der Waals surface area (Å²) >= 11 is 0. The molecule has 0 aromatic heterocycles. The van der Waals surface area contributed by atoms with E-state index in [4.69, 9.17) is 18.9 Å². The maximum absolute atomic E-state index is 13.0. The molecule has 0 radical (unpaired) electrons. The molecule has 3 aliphatic rings. The Bertz CT molecular complexity index is 1100. The fourth-order valence-electron chi connectivity index (χ4n) is 5.28. The van der Waals surface area contributed by atoms with Crippen LogP contribution < -0.4 is 19.1 Å². The van der Waals surface area contributed by atoms with Gasteiger partial charge in [-0.15, -0.1) is 0 Å². The lowest BCUT2D eigenvalue weighted by Gasteiger charge is -2.36. The molecule has 1 unspecified atom stereocenters. The normalized spacial score (nSPS) is 18.8. The van der Waals surface area contributed by atoms with Crippen LogP contribution in [0.15, 0.2) is 35.5 Å². The summed E-state index contributed by atoms with van der Waals surface area (Å²) in [5.41, 5.74) is 7.01. The van der Waals surface area contributed by atoms with Crippen LogP contribution >= 0.6 is 0 Å². The van der Waals surface area contributed by atoms with Gasteiger partial charge >= 0.3 is 5.97 Å². The number of nitrogens with zero attached hydrogens (tertiary/aromatic N) is 1. The maximum atomic E-state index is 13.0. The van der Waals surface area contributed by atoms with Gasteiger partial charge in [0, 0.05) is 18.2 Å². The molecule has 1 N–H and O–H groups in total. The fraction of sp³-hybridized carbons (Fsp3) is 0.400. The van der Waals surface area contributed by atoms with E-state index in [-0.39, 0.29) is 25.1 Å². The summed E-state index contributed by atoms with van der Waals surface area (Å²) in [6.45, 7) is 0.588. The van der Waals surface area contributed by atoms with Gasteiger partial charge in [-0.1, -0.05) is 6.07 Å². The molecule has 1 atom stereocenters. The van der Waals surface area contributed by atoms with E-state index in [0.29, 0.717) is 29.4 Å². The molecule has 0 fully saturated rings. The molecule has 2 aromatic rings. The van der Waals surface area contributed by atoms with Crippen molar-refractivity contribution in [3.05, 3.63) is 57.8 Å². The van der Waals surface area contributed by atoms with E-state index in [9.17, 15) is 9.90 Å². The molecule has 2 aromatic carbocycles. The summed E-state index contributed by atoms with van der Waals surface area (Å²) in [5, 5.41) is 9.76. The highest BCUT2D eigenvalue weighted by Crippen LogP contribution is 2.51. The van der Waals surface area contributed by atoms with E-state index in [1.165, 1.54) is 11.1 Å². The number of esters is 1. The molecule has 5 rings (SSSR count). The topological polar surface area (TPSA) is 77.5 Å². The van der Waals surface area contributed by atoms with Crippen LogP contribution in [0, 0.1) is 0 Å². The number of cyclic esters (lactones) is 1. The zero-order valence-electron chi connectivity index (χ0n) is 18.6. The van der Waals surface area contributed by atoms with Crippen molar-refractivity contribution in [2.45, 2.75) is 25.2 Å². The first-order valence-corrected chi connectivity index (χ1v) is 10.8. The Morgan fingerprint density at radius 1 is 1.03 bits per heavy atom. The second-order valence-corrected chi connectivity index (χ2v) is 8.24. The van der Waals surface area contributed by atoms with E-state index in [1.54, 1.807) is 21.3 Å². The summed E-state index contributed by atoms with van der Waals surface area (Å²) < 4.78 is 22.2. The third-order valence-electron chi connectivity index (χ3n) is 6.67. The summed E-state index contributed by atoms with van der Waals surface area (Å²) in [6.07, 6.45) is 3.20. The zero-order valence-corrected chi connectivity index (χ0v) is 18.6. The summed E-state index contributed by atoms with van der Waals surface area (Å²) in [7, 11) is 4.74. The standard InChI is InChI=1S/C25H27NO6/c1-29-20-11-16(12-21(30-2)24(20)31-3)22-17-9-14-5-4-6-15(14)10-18(17)26(7-8-27)19-13-32-25(28)23(19)22/h9-12,22,27H,4-8,13H2,1-3H3. The molecule has 0 saturated carbocycles. The van der Waals surface area contributed by atoms with Crippen molar-refractivity contribution in [2.24, 2.45) is 0 Å². The summed E-state index contributed by atoms with van der Waals surface area (Å²) in [5.74, 6) is 0.929. The second kappa shape index (κ2) is 8.06. The predicted octanol–water partition coefficient (Wildman–Crippen LogP) is 2.96. The van der Waals surface area contributed by atoms with E-state index in [0.717, 1.165) is 41.8 Å². The number of hydrogen-bond donors (Lipinski definition) is 1. The average Bonchev–Trinajstić information content (AvgIpc) is 3.43. The summed E-state index contributed by atoms with van der Waals surface area (Å²) in [6, 6.07) is 8.26. The molecule has 0 amide bonds. The first-order chi connectivity index (χ1) is 15.6. The van der Waals surface area contributed by atoms with Crippen molar-refractivity contribution in [1.82, 2.24) is 0 Å². The summed E-state index contributed by atoms with van der Waals surface area (Å²) in [4.78, 5) is 15.0. The van der Waals surface area contributed by atoms with Crippen LogP contribution in [0.25, 0.3) is 0 Å². The van der Waals surface area contributed by atoms with Crippen LogP contribution in [-0.2, 0) is 22.4 Å². The number of carbonyl (C=O) groups is 1. The number of carbonyl (C=O) groups excluding carboxylic acids is 1. The first kappa shape index (κ1) is 20.7. The van der Waals surface area contributed by atoms with Gasteiger partial charge in [0.1, 0.15) is 6.61 Å². The van der Waals surface area contributed by atoms with Crippen molar-refractivity contribution in [3.63, 3.8) is 0 Å². The molecular weight excluding hydrogens is 410 g/mol. The fourth-order valence-corrected chi connectivity index (χ4v) is 5.28. The van der Waals surface area contributed by atoms with Crippen molar-refractivity contribution in [3.8, 4) is 17.2 Å². The molecule has 7 nitrogen and oxygen atoms in total. The van der Waals surface area contributed by atoms with Crippen LogP contribution in [0.5, 0.6) is 17.2 Å². The molecular formula is C25H27NO6. The third-order valence-corrected chi connectivity index (χ3v) is 6.67. The van der Waals surface area contributed by atoms with Gasteiger partial charge in [0.25, 0.3) is 0 Å². The number of aliphatic hydroxyl groups is 1. The Morgan fingerprint density at radius 2 is 1.72 bits per heavy atom. The predicted molar refractivity (Wildman–Crippen MR) is 119 cm³/mol. The number of benzene rings is 2. The lowest BCUT2D eigenvalue weighted by atomic mass is 9.79. The lowest BCUT2D eigenvalue weighted by molar-refractivity contribution is -0.136. The Hall–Kier alpha value is -3.19. The molecule has 0 saturated heterocycles. The molecule has 0 spiro atoms. The minimum absolute atomic E-state index is 0.0175. The Kier molecular flexibility index (Phi) is 5.21. The molecule has 32 heavy (non-hydrogen) atoms. The number of hydrogen-bond acceptors (Lipinski definition) is 7. The second-order valence-electron chi connectivity index (χ2n) is 8.24. The first-order valence-electron chi connectivity index (χ1n) is 10.8. The van der Waals surface area contributed by atoms with Gasteiger partial charge in [0.2, 0.25) is 5.75 Å². The number of β-amino-alcohol motifs (C(OH)–C–C–N with tert-alkyl or cyclic N) is 1. The van der Waals surface area contributed by atoms with Crippen molar-refractivity contribution in [2.75, 3.05) is 46.0 Å². The SMILES string of the molecule is COc1cc(C2C3=C(COC3=O)N(CCO)c3cc4c(cc32)CCC4)cc(OC)c1OC. The van der Waals surface area contributed by atoms with E-state index in [2.05, 4.69) is 12.1 Å². The van der Waals surface area contributed by atoms with Crippen molar-refractivity contribution >= 4 is 11.7 Å². The number of aliphatic hydroxyl groups excluding tert-OH is 1. The lowest BCUT2D eigenvalue weighted by Crippen LogP contribution is -2.33. The monoisotopic (exact) mass is 437 g/mol. The van der Waals surface area contributed by atoms with Gasteiger partial charge in [-0.25, -0.2) is 4.79 Å². The molecule has 2 aliphatic heterocycles. The molecule has 7 heteroatoms. The average molecular weight is 437 g/mol. The van der Waals surface area contributed by atoms with Crippen molar-refractivity contribution < 1.29 is 28.8 Å². The Morgan fingerprint density at radius 3 is 2.34 bits per heavy atom. The minimum Gasteiger partial charge on any atom is -0.493 e. The Balaban J connectivity index is 1.77. The highest BCUT2D eigenvalue weighted by atomic mass is 16.5. The quantitative estimate of drug-likeness (QED) is 0.696. The van der Waals surface area contributed by atoms with E-state index in [1.807, 2.05) is 17.0 Å². The number of methoxy groups -OCH3 is 3. The van der Waals surface area contributed by atoms with Crippen LogP contribution in [0.4, 0.5) is 5.69 Å².